The second kappa shape index (κ2) is 4.49. The van der Waals surface area contributed by atoms with Gasteiger partial charge in [-0.15, -0.1) is 0 Å². The number of carbonyl (C=O) groups is 1. The van der Waals surface area contributed by atoms with E-state index < -0.39 is 5.81 Å². The normalized spacial score (nSPS) is 25.1. The maximum Gasteiger partial charge on any atom is 0.200 e. The zero-order valence-corrected chi connectivity index (χ0v) is 8.44. The highest BCUT2D eigenvalue weighted by Crippen LogP contribution is 2.23. The molecule has 1 heterocycles. The third kappa shape index (κ3) is 2.39. The van der Waals surface area contributed by atoms with Crippen molar-refractivity contribution in [3.63, 3.8) is 0 Å². The van der Waals surface area contributed by atoms with Crippen LogP contribution in [-0.2, 0) is 0 Å². The topological polar surface area (TPSA) is 41.1 Å². The summed E-state index contributed by atoms with van der Waals surface area (Å²) in [5.74, 6) is -0.454. The monoisotopic (exact) mass is 200 g/mol. The Hall–Kier alpha value is -1.29. The highest BCUT2D eigenvalue weighted by molar-refractivity contribution is 6.57. The summed E-state index contributed by atoms with van der Waals surface area (Å²) in [6, 6.07) is 10.4. The molecule has 2 rings (SSSR count). The van der Waals surface area contributed by atoms with E-state index in [1.807, 2.05) is 18.2 Å². The molecule has 1 amide bonds. The van der Waals surface area contributed by atoms with Crippen molar-refractivity contribution in [2.75, 3.05) is 6.54 Å². The van der Waals surface area contributed by atoms with Crippen molar-refractivity contribution < 1.29 is 4.79 Å². The molecule has 2 N–H and O–H groups in total. The molecule has 0 bridgehead atoms. The van der Waals surface area contributed by atoms with Gasteiger partial charge in [-0.05, 0) is 18.5 Å². The van der Waals surface area contributed by atoms with Crippen LogP contribution in [0.25, 0.3) is 0 Å². The van der Waals surface area contributed by atoms with Crippen molar-refractivity contribution in [2.24, 2.45) is 0 Å². The minimum Gasteiger partial charge on any atom is -0.361 e. The van der Waals surface area contributed by atoms with E-state index in [1.165, 1.54) is 5.56 Å². The van der Waals surface area contributed by atoms with E-state index in [9.17, 15) is 4.79 Å². The summed E-state index contributed by atoms with van der Waals surface area (Å²) < 4.78 is 0. The maximum atomic E-state index is 10.8. The van der Waals surface area contributed by atoms with Crippen molar-refractivity contribution in [1.82, 2.24) is 10.6 Å². The van der Waals surface area contributed by atoms with Crippen molar-refractivity contribution in [2.45, 2.75) is 18.5 Å². The first-order chi connectivity index (χ1) is 7.27. The Morgan fingerprint density at radius 1 is 1.40 bits per heavy atom. The van der Waals surface area contributed by atoms with Gasteiger partial charge in [0.25, 0.3) is 0 Å². The lowest BCUT2D eigenvalue weighted by atomic mass is 9.99. The Labute approximate surface area is 90.7 Å². The van der Waals surface area contributed by atoms with Gasteiger partial charge < -0.3 is 10.6 Å². The van der Waals surface area contributed by atoms with Crippen LogP contribution in [0, 0.1) is 0 Å². The molecule has 76 valence electrons. The second-order valence-corrected chi connectivity index (χ2v) is 3.75. The van der Waals surface area contributed by atoms with Gasteiger partial charge in [0.05, 0.1) is 6.04 Å². The fourth-order valence-electron chi connectivity index (χ4n) is 2.05. The number of carbonyl (C=O) groups excluding carboxylic acids is 1. The minimum absolute atomic E-state index is 0.102. The Morgan fingerprint density at radius 2 is 2.13 bits per heavy atom. The Bertz CT molecular complexity index is 342. The third-order valence-corrected chi connectivity index (χ3v) is 2.71. The largest absolute Gasteiger partial charge is 0.361 e. The Morgan fingerprint density at radius 3 is 2.80 bits per heavy atom. The molecular formula is C11H13BN2O. The van der Waals surface area contributed by atoms with Crippen LogP contribution in [0.15, 0.2) is 30.3 Å². The van der Waals surface area contributed by atoms with Gasteiger partial charge in [-0.25, -0.2) is 0 Å². The smallest absolute Gasteiger partial charge is 0.200 e. The number of amides is 1. The second-order valence-electron chi connectivity index (χ2n) is 3.75. The SMILES string of the molecule is [B]C(=O)NC1CCNC1c1ccccc1. The van der Waals surface area contributed by atoms with Crippen molar-refractivity contribution in [3.8, 4) is 0 Å². The number of benzene rings is 1. The van der Waals surface area contributed by atoms with Crippen LogP contribution in [0.2, 0.25) is 0 Å². The van der Waals surface area contributed by atoms with Gasteiger partial charge in [0, 0.05) is 6.04 Å². The van der Waals surface area contributed by atoms with Gasteiger partial charge >= 0.3 is 0 Å². The average molecular weight is 200 g/mol. The molecule has 1 aromatic rings. The van der Waals surface area contributed by atoms with E-state index in [1.54, 1.807) is 0 Å². The van der Waals surface area contributed by atoms with Crippen LogP contribution in [0.4, 0.5) is 4.79 Å². The van der Waals surface area contributed by atoms with E-state index in [0.29, 0.717) is 0 Å². The van der Waals surface area contributed by atoms with Gasteiger partial charge in [-0.1, -0.05) is 30.3 Å². The molecule has 1 aliphatic heterocycles. The quantitative estimate of drug-likeness (QED) is 0.698. The van der Waals surface area contributed by atoms with E-state index in [0.717, 1.165) is 13.0 Å². The highest BCUT2D eigenvalue weighted by Gasteiger charge is 2.28. The minimum atomic E-state index is -0.454. The molecule has 1 saturated heterocycles. The van der Waals surface area contributed by atoms with E-state index in [2.05, 4.69) is 22.8 Å². The van der Waals surface area contributed by atoms with Gasteiger partial charge in [0.15, 0.2) is 5.81 Å². The molecule has 0 aromatic heterocycles. The predicted octanol–water partition coefficient (Wildman–Crippen LogP) is 0.968. The fraction of sp³-hybridized carbons (Fsp3) is 0.364. The summed E-state index contributed by atoms with van der Waals surface area (Å²) >= 11 is 0. The average Bonchev–Trinajstić information content (AvgIpc) is 2.66. The first-order valence-corrected chi connectivity index (χ1v) is 5.11. The molecule has 0 spiro atoms. The van der Waals surface area contributed by atoms with Crippen molar-refractivity contribution >= 4 is 13.7 Å². The van der Waals surface area contributed by atoms with Gasteiger partial charge in [-0.3, -0.25) is 4.79 Å². The molecule has 3 nitrogen and oxygen atoms in total. The lowest BCUT2D eigenvalue weighted by Crippen LogP contribution is -2.37. The van der Waals surface area contributed by atoms with Crippen LogP contribution in [0.3, 0.4) is 0 Å². The predicted molar refractivity (Wildman–Crippen MR) is 59.9 cm³/mol. The first kappa shape index (κ1) is 10.2. The molecule has 2 radical (unpaired) electrons. The van der Waals surface area contributed by atoms with Crippen LogP contribution >= 0.6 is 0 Å². The van der Waals surface area contributed by atoms with Crippen LogP contribution in [0.1, 0.15) is 18.0 Å². The lowest BCUT2D eigenvalue weighted by Gasteiger charge is -2.20. The number of nitrogens with one attached hydrogen (secondary N) is 2. The molecule has 0 saturated carbocycles. The fourth-order valence-corrected chi connectivity index (χ4v) is 2.05. The van der Waals surface area contributed by atoms with Crippen LogP contribution in [-0.4, -0.2) is 26.2 Å². The zero-order chi connectivity index (χ0) is 10.7. The van der Waals surface area contributed by atoms with Crippen LogP contribution < -0.4 is 10.6 Å². The van der Waals surface area contributed by atoms with Crippen molar-refractivity contribution in [3.05, 3.63) is 35.9 Å². The van der Waals surface area contributed by atoms with E-state index in [-0.39, 0.29) is 12.1 Å². The summed E-state index contributed by atoms with van der Waals surface area (Å²) in [5, 5.41) is 6.12. The Balaban J connectivity index is 2.11. The van der Waals surface area contributed by atoms with Crippen molar-refractivity contribution in [1.29, 1.82) is 0 Å². The van der Waals surface area contributed by atoms with E-state index in [4.69, 9.17) is 7.85 Å². The molecule has 1 fully saturated rings. The summed E-state index contributed by atoms with van der Waals surface area (Å²) in [5.41, 5.74) is 1.19. The molecule has 15 heavy (non-hydrogen) atoms. The Kier molecular flexibility index (Phi) is 3.06. The summed E-state index contributed by atoms with van der Waals surface area (Å²) in [4.78, 5) is 10.8. The third-order valence-electron chi connectivity index (χ3n) is 2.71. The molecule has 2 atom stereocenters. The highest BCUT2D eigenvalue weighted by atomic mass is 16.1. The number of hydrogen-bond acceptors (Lipinski definition) is 2. The van der Waals surface area contributed by atoms with Crippen LogP contribution in [0.5, 0.6) is 0 Å². The van der Waals surface area contributed by atoms with Gasteiger partial charge in [-0.2, -0.15) is 0 Å². The molecule has 1 aromatic carbocycles. The summed E-state index contributed by atoms with van der Waals surface area (Å²) in [6.07, 6.45) is 0.919. The summed E-state index contributed by atoms with van der Waals surface area (Å²) in [6.45, 7) is 0.907. The zero-order valence-electron chi connectivity index (χ0n) is 8.44. The maximum absolute atomic E-state index is 10.8. The molecular weight excluding hydrogens is 187 g/mol. The molecule has 4 heteroatoms. The first-order valence-electron chi connectivity index (χ1n) is 5.11. The molecule has 0 aliphatic carbocycles. The number of rotatable bonds is 2. The molecule has 2 unspecified atom stereocenters. The lowest BCUT2D eigenvalue weighted by molar-refractivity contribution is 0.255. The summed E-state index contributed by atoms with van der Waals surface area (Å²) in [7, 11) is 5.13. The van der Waals surface area contributed by atoms with Gasteiger partial charge in [0.2, 0.25) is 7.85 Å². The molecule has 1 aliphatic rings. The van der Waals surface area contributed by atoms with E-state index >= 15 is 0 Å². The number of hydrogen-bond donors (Lipinski definition) is 2. The standard InChI is InChI=1S/C11H13BN2O/c12-11(15)14-9-6-7-13-10(9)8-4-2-1-3-5-8/h1-5,9-10,13H,6-7H2,(H,14,15). The van der Waals surface area contributed by atoms with Gasteiger partial charge in [0.1, 0.15) is 0 Å².